The molecular weight excluding hydrogens is 521 g/mol. The lowest BCUT2D eigenvalue weighted by Crippen LogP contribution is -2.24. The predicted octanol–water partition coefficient (Wildman–Crippen LogP) is 7.18. The molecule has 170 valence electrons. The van der Waals surface area contributed by atoms with Gasteiger partial charge in [0, 0.05) is 33.0 Å². The van der Waals surface area contributed by atoms with E-state index in [1.54, 1.807) is 0 Å². The third kappa shape index (κ3) is 6.44. The molecule has 0 saturated heterocycles. The minimum Gasteiger partial charge on any atom is -0.384 e. The number of benzene rings is 3. The molecule has 33 heavy (non-hydrogen) atoms. The van der Waals surface area contributed by atoms with Gasteiger partial charge in [-0.05, 0) is 65.8 Å². The molecule has 0 unspecified atom stereocenters. The van der Waals surface area contributed by atoms with Gasteiger partial charge in [0.15, 0.2) is 0 Å². The van der Waals surface area contributed by atoms with Crippen LogP contribution in [-0.2, 0) is 0 Å². The molecule has 0 bridgehead atoms. The maximum atomic E-state index is 12.2. The van der Waals surface area contributed by atoms with E-state index in [1.165, 1.54) is 35.7 Å². The molecular formula is C28H30IN3O. The number of para-hydroxylation sites is 2. The van der Waals surface area contributed by atoms with E-state index in [2.05, 4.69) is 69.6 Å². The third-order valence-electron chi connectivity index (χ3n) is 5.87. The van der Waals surface area contributed by atoms with Crippen LogP contribution in [0.25, 0.3) is 21.8 Å². The van der Waals surface area contributed by atoms with Crippen molar-refractivity contribution >= 4 is 56.0 Å². The molecule has 0 radical (unpaired) electrons. The second-order valence-electron chi connectivity index (χ2n) is 8.34. The molecule has 1 heterocycles. The summed E-state index contributed by atoms with van der Waals surface area (Å²) >= 11 is 2.23. The summed E-state index contributed by atoms with van der Waals surface area (Å²) in [5, 5.41) is 9.08. The minimum absolute atomic E-state index is 0.0238. The quantitative estimate of drug-likeness (QED) is 0.118. The van der Waals surface area contributed by atoms with Gasteiger partial charge >= 0.3 is 0 Å². The molecule has 0 atom stereocenters. The number of unbranched alkanes of at least 4 members (excludes halogenated alkanes) is 5. The Morgan fingerprint density at radius 3 is 2.00 bits per heavy atom. The highest BCUT2D eigenvalue weighted by Crippen LogP contribution is 2.30. The number of carbonyl (C=O) groups excluding carboxylic acids is 1. The molecule has 0 fully saturated rings. The third-order valence-corrected chi connectivity index (χ3v) is 6.54. The van der Waals surface area contributed by atoms with Gasteiger partial charge in [-0.25, -0.2) is 4.98 Å². The SMILES string of the molecule is O=C(NCCCCCCCCNc1c2ccccc2nc2ccccc12)c1cccc(I)c1. The molecule has 0 aliphatic heterocycles. The molecule has 1 amide bonds. The fourth-order valence-corrected chi connectivity index (χ4v) is 4.68. The first-order chi connectivity index (χ1) is 16.2. The van der Waals surface area contributed by atoms with Gasteiger partial charge in [-0.2, -0.15) is 0 Å². The normalized spacial score (nSPS) is 11.1. The van der Waals surface area contributed by atoms with Crippen molar-refractivity contribution < 1.29 is 4.79 Å². The van der Waals surface area contributed by atoms with Gasteiger partial charge in [0.05, 0.1) is 16.7 Å². The Morgan fingerprint density at radius 2 is 1.33 bits per heavy atom. The van der Waals surface area contributed by atoms with Crippen LogP contribution in [0.15, 0.2) is 72.8 Å². The van der Waals surface area contributed by atoms with Gasteiger partial charge in [-0.3, -0.25) is 4.79 Å². The second-order valence-corrected chi connectivity index (χ2v) is 9.58. The molecule has 2 N–H and O–H groups in total. The first kappa shape index (κ1) is 23.5. The summed E-state index contributed by atoms with van der Waals surface area (Å²) in [5.74, 6) is 0.0238. The average Bonchev–Trinajstić information content (AvgIpc) is 2.84. The number of nitrogens with zero attached hydrogens (tertiary/aromatic N) is 1. The lowest BCUT2D eigenvalue weighted by Gasteiger charge is -2.13. The van der Waals surface area contributed by atoms with Crippen LogP contribution in [0.5, 0.6) is 0 Å². The highest BCUT2D eigenvalue weighted by atomic mass is 127. The van der Waals surface area contributed by atoms with Crippen molar-refractivity contribution in [2.24, 2.45) is 0 Å². The van der Waals surface area contributed by atoms with Crippen LogP contribution in [0, 0.1) is 3.57 Å². The van der Waals surface area contributed by atoms with Crippen molar-refractivity contribution in [2.45, 2.75) is 38.5 Å². The van der Waals surface area contributed by atoms with Crippen LogP contribution in [0.3, 0.4) is 0 Å². The van der Waals surface area contributed by atoms with Crippen molar-refractivity contribution in [3.05, 3.63) is 81.9 Å². The number of anilines is 1. The maximum absolute atomic E-state index is 12.2. The highest BCUT2D eigenvalue weighted by molar-refractivity contribution is 14.1. The van der Waals surface area contributed by atoms with Gasteiger partial charge < -0.3 is 10.6 Å². The predicted molar refractivity (Wildman–Crippen MR) is 147 cm³/mol. The minimum atomic E-state index is 0.0238. The van der Waals surface area contributed by atoms with E-state index >= 15 is 0 Å². The van der Waals surface area contributed by atoms with Gasteiger partial charge in [0.2, 0.25) is 0 Å². The maximum Gasteiger partial charge on any atom is 0.251 e. The van der Waals surface area contributed by atoms with E-state index < -0.39 is 0 Å². The standard InChI is InChI=1S/C28H30IN3O/c29-22-13-11-12-21(20-22)28(33)31-19-10-4-2-1-3-9-18-30-27-23-14-5-7-16-25(23)32-26-17-8-6-15-24(26)27/h5-8,11-17,20H,1-4,9-10,18-19H2,(H,30,32)(H,31,33). The molecule has 3 aromatic carbocycles. The molecule has 0 spiro atoms. The largest absolute Gasteiger partial charge is 0.384 e. The summed E-state index contributed by atoms with van der Waals surface area (Å²) in [6, 6.07) is 24.4. The number of hydrogen-bond donors (Lipinski definition) is 2. The van der Waals surface area contributed by atoms with Gasteiger partial charge in [0.25, 0.3) is 5.91 Å². The van der Waals surface area contributed by atoms with Crippen LogP contribution in [0.2, 0.25) is 0 Å². The first-order valence-electron chi connectivity index (χ1n) is 11.8. The van der Waals surface area contributed by atoms with Crippen LogP contribution < -0.4 is 10.6 Å². The number of carbonyl (C=O) groups is 1. The number of hydrogen-bond acceptors (Lipinski definition) is 3. The van der Waals surface area contributed by atoms with E-state index in [0.717, 1.165) is 52.5 Å². The number of fused-ring (bicyclic) bond motifs is 2. The fraction of sp³-hybridized carbons (Fsp3) is 0.286. The number of pyridine rings is 1. The summed E-state index contributed by atoms with van der Waals surface area (Å²) in [6.45, 7) is 1.71. The number of aromatic nitrogens is 1. The van der Waals surface area contributed by atoms with Crippen molar-refractivity contribution in [1.82, 2.24) is 10.3 Å². The Labute approximate surface area is 209 Å². The molecule has 5 heteroatoms. The first-order valence-corrected chi connectivity index (χ1v) is 12.9. The summed E-state index contributed by atoms with van der Waals surface area (Å²) < 4.78 is 1.08. The van der Waals surface area contributed by atoms with Gasteiger partial charge in [-0.1, -0.05) is 68.1 Å². The van der Waals surface area contributed by atoms with Crippen LogP contribution in [0.4, 0.5) is 5.69 Å². The van der Waals surface area contributed by atoms with Crippen molar-refractivity contribution in [1.29, 1.82) is 0 Å². The number of halogens is 1. The monoisotopic (exact) mass is 551 g/mol. The van der Waals surface area contributed by atoms with E-state index in [1.807, 2.05) is 36.4 Å². The summed E-state index contributed by atoms with van der Waals surface area (Å²) in [5.41, 5.74) is 4.00. The molecule has 0 aliphatic carbocycles. The molecule has 1 aromatic heterocycles. The fourth-order valence-electron chi connectivity index (χ4n) is 4.13. The van der Waals surface area contributed by atoms with Crippen LogP contribution in [-0.4, -0.2) is 24.0 Å². The second kappa shape index (κ2) is 12.0. The zero-order chi connectivity index (χ0) is 22.9. The average molecular weight is 551 g/mol. The molecule has 4 aromatic rings. The lowest BCUT2D eigenvalue weighted by molar-refractivity contribution is 0.0953. The Morgan fingerprint density at radius 1 is 0.727 bits per heavy atom. The summed E-state index contributed by atoms with van der Waals surface area (Å²) in [6.07, 6.45) is 6.98. The topological polar surface area (TPSA) is 54.0 Å². The zero-order valence-corrected chi connectivity index (χ0v) is 21.0. The van der Waals surface area contributed by atoms with Gasteiger partial charge in [0.1, 0.15) is 0 Å². The lowest BCUT2D eigenvalue weighted by atomic mass is 10.1. The van der Waals surface area contributed by atoms with Crippen LogP contribution >= 0.6 is 22.6 Å². The number of rotatable bonds is 11. The number of nitrogens with one attached hydrogen (secondary N) is 2. The van der Waals surface area contributed by atoms with E-state index in [0.29, 0.717) is 0 Å². The summed E-state index contributed by atoms with van der Waals surface area (Å²) in [7, 11) is 0. The van der Waals surface area contributed by atoms with Gasteiger partial charge in [-0.15, -0.1) is 0 Å². The summed E-state index contributed by atoms with van der Waals surface area (Å²) in [4.78, 5) is 17.0. The molecule has 0 saturated carbocycles. The van der Waals surface area contributed by atoms with Crippen molar-refractivity contribution in [2.75, 3.05) is 18.4 Å². The Kier molecular flexibility index (Phi) is 8.53. The smallest absolute Gasteiger partial charge is 0.251 e. The zero-order valence-electron chi connectivity index (χ0n) is 18.8. The van der Waals surface area contributed by atoms with E-state index in [9.17, 15) is 4.79 Å². The molecule has 0 aliphatic rings. The Bertz CT molecular complexity index is 1170. The Balaban J connectivity index is 1.14. The van der Waals surface area contributed by atoms with Crippen LogP contribution in [0.1, 0.15) is 48.9 Å². The van der Waals surface area contributed by atoms with Crippen molar-refractivity contribution in [3.8, 4) is 0 Å². The highest BCUT2D eigenvalue weighted by Gasteiger charge is 2.08. The Hall–Kier alpha value is -2.67. The number of amides is 1. The van der Waals surface area contributed by atoms with E-state index in [-0.39, 0.29) is 5.91 Å². The molecule has 4 rings (SSSR count). The molecule has 4 nitrogen and oxygen atoms in total. The van der Waals surface area contributed by atoms with E-state index in [4.69, 9.17) is 4.98 Å². The van der Waals surface area contributed by atoms with Crippen molar-refractivity contribution in [3.63, 3.8) is 0 Å².